The number of rotatable bonds is 5. The lowest BCUT2D eigenvalue weighted by Gasteiger charge is -2.29. The van der Waals surface area contributed by atoms with Crippen molar-refractivity contribution in [2.75, 3.05) is 13.1 Å². The van der Waals surface area contributed by atoms with Gasteiger partial charge in [0.25, 0.3) is 0 Å². The highest BCUT2D eigenvalue weighted by Gasteiger charge is 2.31. The van der Waals surface area contributed by atoms with Crippen LogP contribution in [0.5, 0.6) is 0 Å². The molecule has 1 saturated heterocycles. The number of nitrogens with zero attached hydrogens (tertiary/aromatic N) is 1. The van der Waals surface area contributed by atoms with E-state index in [0.29, 0.717) is 12.1 Å². The topological polar surface area (TPSA) is 41.6 Å². The summed E-state index contributed by atoms with van der Waals surface area (Å²) < 4.78 is 6.67. The standard InChI is InChI=1S/C17H27BrN2O2S/c1-12(14-7-8-15(18)23-14)19-10-9-13-6-5-11-20(13)16(21)22-17(2,3)4/h7-8,12-13,19H,5-6,9-11H2,1-4H3. The van der Waals surface area contributed by atoms with Crippen LogP contribution in [0.15, 0.2) is 15.9 Å². The summed E-state index contributed by atoms with van der Waals surface area (Å²) >= 11 is 5.26. The number of hydrogen-bond acceptors (Lipinski definition) is 4. The second kappa shape index (κ2) is 7.99. The van der Waals surface area contributed by atoms with E-state index in [1.54, 1.807) is 11.3 Å². The van der Waals surface area contributed by atoms with Gasteiger partial charge in [0.15, 0.2) is 0 Å². The molecule has 0 aromatic carbocycles. The Morgan fingerprint density at radius 1 is 1.52 bits per heavy atom. The average Bonchev–Trinajstić information content (AvgIpc) is 3.05. The van der Waals surface area contributed by atoms with E-state index < -0.39 is 5.60 Å². The number of carbonyl (C=O) groups is 1. The molecule has 0 radical (unpaired) electrons. The van der Waals surface area contributed by atoms with Crippen LogP contribution in [0.4, 0.5) is 4.79 Å². The number of ether oxygens (including phenoxy) is 1. The number of thiophene rings is 1. The van der Waals surface area contributed by atoms with E-state index in [1.165, 1.54) is 4.88 Å². The van der Waals surface area contributed by atoms with Crippen LogP contribution in [-0.2, 0) is 4.74 Å². The van der Waals surface area contributed by atoms with Crippen molar-refractivity contribution >= 4 is 33.4 Å². The molecule has 0 spiro atoms. The number of amides is 1. The second-order valence-electron chi connectivity index (χ2n) is 7.08. The van der Waals surface area contributed by atoms with Gasteiger partial charge in [0.2, 0.25) is 0 Å². The van der Waals surface area contributed by atoms with E-state index in [2.05, 4.69) is 40.3 Å². The van der Waals surface area contributed by atoms with Gasteiger partial charge < -0.3 is 15.0 Å². The van der Waals surface area contributed by atoms with Gasteiger partial charge in [-0.3, -0.25) is 0 Å². The van der Waals surface area contributed by atoms with Gasteiger partial charge in [-0.2, -0.15) is 0 Å². The van der Waals surface area contributed by atoms with Crippen molar-refractivity contribution in [3.63, 3.8) is 0 Å². The van der Waals surface area contributed by atoms with Crippen molar-refractivity contribution < 1.29 is 9.53 Å². The van der Waals surface area contributed by atoms with Crippen molar-refractivity contribution in [1.82, 2.24) is 10.2 Å². The summed E-state index contributed by atoms with van der Waals surface area (Å²) in [6.07, 6.45) is 2.93. The van der Waals surface area contributed by atoms with Crippen LogP contribution in [-0.4, -0.2) is 35.7 Å². The number of nitrogens with one attached hydrogen (secondary N) is 1. The van der Waals surface area contributed by atoms with Crippen LogP contribution in [0.3, 0.4) is 0 Å². The monoisotopic (exact) mass is 402 g/mol. The summed E-state index contributed by atoms with van der Waals surface area (Å²) in [6.45, 7) is 9.64. The Bertz CT molecular complexity index is 527. The van der Waals surface area contributed by atoms with Gasteiger partial charge in [0.1, 0.15) is 5.60 Å². The zero-order valence-corrected chi connectivity index (χ0v) is 16.8. The quantitative estimate of drug-likeness (QED) is 0.756. The fourth-order valence-corrected chi connectivity index (χ4v) is 4.28. The Labute approximate surface area is 151 Å². The lowest BCUT2D eigenvalue weighted by Crippen LogP contribution is -2.41. The largest absolute Gasteiger partial charge is 0.444 e. The van der Waals surface area contributed by atoms with Crippen molar-refractivity contribution in [2.24, 2.45) is 0 Å². The van der Waals surface area contributed by atoms with Gasteiger partial charge in [0.05, 0.1) is 3.79 Å². The molecular formula is C17H27BrN2O2S. The molecule has 2 unspecified atom stereocenters. The maximum absolute atomic E-state index is 12.3. The highest BCUT2D eigenvalue weighted by atomic mass is 79.9. The molecule has 1 aliphatic heterocycles. The van der Waals surface area contributed by atoms with Gasteiger partial charge >= 0.3 is 6.09 Å². The number of halogens is 1. The predicted octanol–water partition coefficient (Wildman–Crippen LogP) is 4.95. The van der Waals surface area contributed by atoms with Crippen LogP contribution >= 0.6 is 27.3 Å². The summed E-state index contributed by atoms with van der Waals surface area (Å²) in [6, 6.07) is 4.86. The zero-order valence-electron chi connectivity index (χ0n) is 14.4. The van der Waals surface area contributed by atoms with Crippen LogP contribution in [0.1, 0.15) is 57.9 Å². The Kier molecular flexibility index (Phi) is 6.51. The highest BCUT2D eigenvalue weighted by Crippen LogP contribution is 2.27. The fraction of sp³-hybridized carbons (Fsp3) is 0.706. The third-order valence-electron chi connectivity index (χ3n) is 3.95. The molecule has 1 aromatic rings. The smallest absolute Gasteiger partial charge is 0.410 e. The summed E-state index contributed by atoms with van der Waals surface area (Å²) in [4.78, 5) is 15.5. The molecule has 1 amide bonds. The maximum Gasteiger partial charge on any atom is 0.410 e. The van der Waals surface area contributed by atoms with Gasteiger partial charge in [-0.15, -0.1) is 11.3 Å². The van der Waals surface area contributed by atoms with E-state index >= 15 is 0 Å². The van der Waals surface area contributed by atoms with Crippen molar-refractivity contribution in [1.29, 1.82) is 0 Å². The molecule has 1 fully saturated rings. The van der Waals surface area contributed by atoms with Gasteiger partial charge in [-0.1, -0.05) is 0 Å². The lowest BCUT2D eigenvalue weighted by molar-refractivity contribution is 0.0220. The minimum absolute atomic E-state index is 0.171. The zero-order chi connectivity index (χ0) is 17.0. The molecule has 0 saturated carbocycles. The molecule has 23 heavy (non-hydrogen) atoms. The first kappa shape index (κ1) is 18.7. The molecule has 130 valence electrons. The molecule has 1 N–H and O–H groups in total. The SMILES string of the molecule is CC(NCCC1CCCN1C(=O)OC(C)(C)C)c1ccc(Br)s1. The van der Waals surface area contributed by atoms with Gasteiger partial charge in [-0.25, -0.2) is 4.79 Å². The van der Waals surface area contributed by atoms with Crippen molar-refractivity contribution in [2.45, 2.75) is 64.6 Å². The summed E-state index contributed by atoms with van der Waals surface area (Å²) in [5.74, 6) is 0. The van der Waals surface area contributed by atoms with Crippen LogP contribution in [0, 0.1) is 0 Å². The first-order valence-corrected chi connectivity index (χ1v) is 9.85. The van der Waals surface area contributed by atoms with E-state index in [1.807, 2.05) is 25.7 Å². The molecular weight excluding hydrogens is 376 g/mol. The minimum Gasteiger partial charge on any atom is -0.444 e. The average molecular weight is 403 g/mol. The number of likely N-dealkylation sites (tertiary alicyclic amines) is 1. The van der Waals surface area contributed by atoms with Gasteiger partial charge in [-0.05, 0) is 81.6 Å². The Balaban J connectivity index is 1.79. The summed E-state index contributed by atoms with van der Waals surface area (Å²) in [5.41, 5.74) is -0.427. The minimum atomic E-state index is -0.427. The molecule has 0 aliphatic carbocycles. The molecule has 4 nitrogen and oxygen atoms in total. The van der Waals surface area contributed by atoms with Crippen LogP contribution in [0.25, 0.3) is 0 Å². The van der Waals surface area contributed by atoms with Gasteiger partial charge in [0, 0.05) is 23.5 Å². The van der Waals surface area contributed by atoms with E-state index in [-0.39, 0.29) is 6.09 Å². The number of hydrogen-bond donors (Lipinski definition) is 1. The van der Waals surface area contributed by atoms with E-state index in [9.17, 15) is 4.79 Å². The normalized spacial score (nSPS) is 19.9. The molecule has 2 atom stereocenters. The first-order valence-electron chi connectivity index (χ1n) is 8.24. The van der Waals surface area contributed by atoms with Crippen molar-refractivity contribution in [3.05, 3.63) is 20.8 Å². The Morgan fingerprint density at radius 2 is 2.26 bits per heavy atom. The first-order chi connectivity index (χ1) is 10.8. The molecule has 2 rings (SSSR count). The summed E-state index contributed by atoms with van der Waals surface area (Å²) in [7, 11) is 0. The third kappa shape index (κ3) is 5.76. The highest BCUT2D eigenvalue weighted by molar-refractivity contribution is 9.11. The fourth-order valence-electron chi connectivity index (χ4n) is 2.82. The molecule has 1 aliphatic rings. The number of carbonyl (C=O) groups excluding carboxylic acids is 1. The second-order valence-corrected chi connectivity index (χ2v) is 9.57. The Morgan fingerprint density at radius 3 is 2.87 bits per heavy atom. The molecule has 2 heterocycles. The molecule has 6 heteroatoms. The molecule has 1 aromatic heterocycles. The Hall–Kier alpha value is -0.590. The summed E-state index contributed by atoms with van der Waals surface area (Å²) in [5, 5.41) is 3.56. The molecule has 0 bridgehead atoms. The van der Waals surface area contributed by atoms with E-state index in [4.69, 9.17) is 4.74 Å². The van der Waals surface area contributed by atoms with Crippen LogP contribution in [0.2, 0.25) is 0 Å². The predicted molar refractivity (Wildman–Crippen MR) is 99.0 cm³/mol. The maximum atomic E-state index is 12.3. The van der Waals surface area contributed by atoms with E-state index in [0.717, 1.165) is 36.1 Å². The van der Waals surface area contributed by atoms with Crippen LogP contribution < -0.4 is 5.32 Å². The third-order valence-corrected chi connectivity index (χ3v) is 5.76. The van der Waals surface area contributed by atoms with Crippen molar-refractivity contribution in [3.8, 4) is 0 Å². The lowest BCUT2D eigenvalue weighted by atomic mass is 10.1.